The summed E-state index contributed by atoms with van der Waals surface area (Å²) in [4.78, 5) is 31.9. The number of aromatic carboxylic acids is 1. The Morgan fingerprint density at radius 1 is 1.47 bits per heavy atom. The first-order chi connectivity index (χ1) is 8.95. The summed E-state index contributed by atoms with van der Waals surface area (Å²) in [5.74, 6) is -1.89. The van der Waals surface area contributed by atoms with E-state index in [9.17, 15) is 19.7 Å². The molecule has 0 heterocycles. The molecule has 0 saturated carbocycles. The quantitative estimate of drug-likeness (QED) is 0.377. The van der Waals surface area contributed by atoms with Crippen LogP contribution in [0.5, 0.6) is 0 Å². The minimum absolute atomic E-state index is 0.128. The van der Waals surface area contributed by atoms with E-state index >= 15 is 0 Å². The van der Waals surface area contributed by atoms with E-state index in [-0.39, 0.29) is 23.4 Å². The summed E-state index contributed by atoms with van der Waals surface area (Å²) >= 11 is 0. The van der Waals surface area contributed by atoms with Crippen molar-refractivity contribution in [3.05, 3.63) is 45.5 Å². The number of esters is 1. The molecule has 0 unspecified atom stereocenters. The van der Waals surface area contributed by atoms with Crippen LogP contribution in [0.3, 0.4) is 0 Å². The Bertz CT molecular complexity index is 549. The number of hydrogen-bond donors (Lipinski definition) is 1. The predicted molar refractivity (Wildman–Crippen MR) is 65.7 cm³/mol. The Hall–Kier alpha value is -2.70. The van der Waals surface area contributed by atoms with E-state index in [1.807, 2.05) is 0 Å². The van der Waals surface area contributed by atoms with Gasteiger partial charge in [0.15, 0.2) is 0 Å². The molecule has 1 N–H and O–H groups in total. The van der Waals surface area contributed by atoms with Gasteiger partial charge < -0.3 is 9.84 Å². The van der Waals surface area contributed by atoms with Crippen molar-refractivity contribution >= 4 is 23.7 Å². The van der Waals surface area contributed by atoms with Gasteiger partial charge in [0.1, 0.15) is 0 Å². The maximum absolute atomic E-state index is 11.1. The lowest BCUT2D eigenvalue weighted by Gasteiger charge is -2.00. The molecule has 7 nitrogen and oxygen atoms in total. The van der Waals surface area contributed by atoms with Crippen LogP contribution >= 0.6 is 0 Å². The Labute approximate surface area is 108 Å². The number of benzene rings is 1. The SMILES string of the molecule is CCOC(=O)C=Cc1ccc(C(=O)O)cc1[N+](=O)[O-]. The molecule has 0 aliphatic heterocycles. The molecule has 7 heteroatoms. The third-order valence-corrected chi connectivity index (χ3v) is 2.16. The molecule has 0 atom stereocenters. The second-order valence-electron chi connectivity index (χ2n) is 3.42. The van der Waals surface area contributed by atoms with Crippen molar-refractivity contribution < 1.29 is 24.4 Å². The molecule has 0 saturated heterocycles. The lowest BCUT2D eigenvalue weighted by molar-refractivity contribution is -0.385. The summed E-state index contributed by atoms with van der Waals surface area (Å²) < 4.78 is 4.64. The van der Waals surface area contributed by atoms with Gasteiger partial charge in [-0.1, -0.05) is 0 Å². The smallest absolute Gasteiger partial charge is 0.335 e. The minimum Gasteiger partial charge on any atom is -0.478 e. The Balaban J connectivity index is 3.10. The van der Waals surface area contributed by atoms with Crippen LogP contribution < -0.4 is 0 Å². The number of nitrogens with zero attached hydrogens (tertiary/aromatic N) is 1. The summed E-state index contributed by atoms with van der Waals surface area (Å²) in [6.45, 7) is 1.83. The Kier molecular flexibility index (Phi) is 4.76. The van der Waals surface area contributed by atoms with Gasteiger partial charge in [0.05, 0.1) is 22.7 Å². The van der Waals surface area contributed by atoms with Crippen molar-refractivity contribution in [1.82, 2.24) is 0 Å². The fourth-order valence-electron chi connectivity index (χ4n) is 1.32. The van der Waals surface area contributed by atoms with Crippen molar-refractivity contribution in [2.75, 3.05) is 6.61 Å². The van der Waals surface area contributed by atoms with E-state index in [0.29, 0.717) is 0 Å². The molecule has 0 aliphatic carbocycles. The summed E-state index contributed by atoms with van der Waals surface area (Å²) in [5, 5.41) is 19.6. The lowest BCUT2D eigenvalue weighted by atomic mass is 10.1. The highest BCUT2D eigenvalue weighted by Gasteiger charge is 2.15. The van der Waals surface area contributed by atoms with Crippen LogP contribution in [-0.4, -0.2) is 28.6 Å². The number of carbonyl (C=O) groups excluding carboxylic acids is 1. The predicted octanol–water partition coefficient (Wildman–Crippen LogP) is 1.87. The van der Waals surface area contributed by atoms with Gasteiger partial charge in [-0.25, -0.2) is 9.59 Å². The molecule has 0 aromatic heterocycles. The number of ether oxygens (including phenoxy) is 1. The summed E-state index contributed by atoms with van der Waals surface area (Å²) in [6.07, 6.45) is 2.26. The highest BCUT2D eigenvalue weighted by atomic mass is 16.6. The highest BCUT2D eigenvalue weighted by molar-refractivity contribution is 5.91. The zero-order chi connectivity index (χ0) is 14.4. The molecule has 1 rings (SSSR count). The number of nitro groups is 1. The van der Waals surface area contributed by atoms with E-state index in [4.69, 9.17) is 5.11 Å². The standard InChI is InChI=1S/C12H11NO6/c1-2-19-11(14)6-5-8-3-4-9(12(15)16)7-10(8)13(17)18/h3-7H,2H2,1H3,(H,15,16). The van der Waals surface area contributed by atoms with Crippen LogP contribution in [0.2, 0.25) is 0 Å². The molecule has 0 fully saturated rings. The van der Waals surface area contributed by atoms with E-state index in [0.717, 1.165) is 12.1 Å². The lowest BCUT2D eigenvalue weighted by Crippen LogP contribution is -2.01. The Morgan fingerprint density at radius 3 is 2.68 bits per heavy atom. The first-order valence-corrected chi connectivity index (χ1v) is 5.32. The Morgan fingerprint density at radius 2 is 2.16 bits per heavy atom. The second-order valence-corrected chi connectivity index (χ2v) is 3.42. The molecule has 19 heavy (non-hydrogen) atoms. The van der Waals surface area contributed by atoms with Gasteiger partial charge in [-0.05, 0) is 25.1 Å². The molecule has 0 spiro atoms. The van der Waals surface area contributed by atoms with Crippen molar-refractivity contribution in [1.29, 1.82) is 0 Å². The van der Waals surface area contributed by atoms with Crippen molar-refractivity contribution in [3.63, 3.8) is 0 Å². The molecule has 100 valence electrons. The average Bonchev–Trinajstić information content (AvgIpc) is 2.36. The first kappa shape index (κ1) is 14.4. The fourth-order valence-corrected chi connectivity index (χ4v) is 1.32. The van der Waals surface area contributed by atoms with Crippen molar-refractivity contribution in [3.8, 4) is 0 Å². The molecule has 1 aromatic rings. The van der Waals surface area contributed by atoms with Crippen molar-refractivity contribution in [2.24, 2.45) is 0 Å². The van der Waals surface area contributed by atoms with Gasteiger partial charge in [0.2, 0.25) is 0 Å². The monoisotopic (exact) mass is 265 g/mol. The van der Waals surface area contributed by atoms with Gasteiger partial charge in [-0.3, -0.25) is 10.1 Å². The van der Waals surface area contributed by atoms with Crippen molar-refractivity contribution in [2.45, 2.75) is 6.92 Å². The van der Waals surface area contributed by atoms with E-state index < -0.39 is 16.9 Å². The maximum atomic E-state index is 11.1. The number of carboxylic acid groups (broad SMARTS) is 1. The van der Waals surface area contributed by atoms with Crippen LogP contribution in [0, 0.1) is 10.1 Å². The summed E-state index contributed by atoms with van der Waals surface area (Å²) in [7, 11) is 0. The van der Waals surface area contributed by atoms with E-state index in [2.05, 4.69) is 4.74 Å². The molecular weight excluding hydrogens is 254 g/mol. The average molecular weight is 265 g/mol. The highest BCUT2D eigenvalue weighted by Crippen LogP contribution is 2.21. The van der Waals surface area contributed by atoms with Crippen LogP contribution in [0.4, 0.5) is 5.69 Å². The number of carboxylic acids is 1. The van der Waals surface area contributed by atoms with Crippen LogP contribution in [0.15, 0.2) is 24.3 Å². The molecule has 0 bridgehead atoms. The van der Waals surface area contributed by atoms with Gasteiger partial charge in [0.25, 0.3) is 5.69 Å². The third-order valence-electron chi connectivity index (χ3n) is 2.16. The topological polar surface area (TPSA) is 107 Å². The number of carbonyl (C=O) groups is 2. The normalized spacial score (nSPS) is 10.4. The number of hydrogen-bond acceptors (Lipinski definition) is 5. The molecule has 1 aromatic carbocycles. The van der Waals surface area contributed by atoms with E-state index in [1.54, 1.807) is 6.92 Å². The first-order valence-electron chi connectivity index (χ1n) is 5.32. The zero-order valence-corrected chi connectivity index (χ0v) is 10.0. The molecule has 0 aliphatic rings. The van der Waals surface area contributed by atoms with Gasteiger partial charge in [0, 0.05) is 12.1 Å². The summed E-state index contributed by atoms with van der Waals surface area (Å²) in [6, 6.07) is 3.42. The molecule has 0 amide bonds. The number of rotatable bonds is 5. The van der Waals surface area contributed by atoms with E-state index in [1.165, 1.54) is 18.2 Å². The fraction of sp³-hybridized carbons (Fsp3) is 0.167. The second kappa shape index (κ2) is 6.29. The van der Waals surface area contributed by atoms with Gasteiger partial charge in [-0.15, -0.1) is 0 Å². The largest absolute Gasteiger partial charge is 0.478 e. The third kappa shape index (κ3) is 3.91. The molecule has 0 radical (unpaired) electrons. The van der Waals surface area contributed by atoms with Crippen LogP contribution in [-0.2, 0) is 9.53 Å². The minimum atomic E-state index is -1.26. The molecular formula is C12H11NO6. The maximum Gasteiger partial charge on any atom is 0.335 e. The van der Waals surface area contributed by atoms with Crippen LogP contribution in [0.1, 0.15) is 22.8 Å². The zero-order valence-electron chi connectivity index (χ0n) is 10.0. The number of nitro benzene ring substituents is 1. The van der Waals surface area contributed by atoms with Crippen LogP contribution in [0.25, 0.3) is 6.08 Å². The van der Waals surface area contributed by atoms with Gasteiger partial charge >= 0.3 is 11.9 Å². The van der Waals surface area contributed by atoms with Gasteiger partial charge in [-0.2, -0.15) is 0 Å². The summed E-state index contributed by atoms with van der Waals surface area (Å²) in [5.41, 5.74) is -0.455.